The summed E-state index contributed by atoms with van der Waals surface area (Å²) in [6, 6.07) is 0. The van der Waals surface area contributed by atoms with Gasteiger partial charge in [-0.2, -0.15) is 0 Å². The van der Waals surface area contributed by atoms with Crippen molar-refractivity contribution in [2.24, 2.45) is 0 Å². The number of aromatic nitrogens is 4. The predicted octanol–water partition coefficient (Wildman–Crippen LogP) is 0.199. The molecule has 19 heavy (non-hydrogen) atoms. The molecule has 0 saturated heterocycles. The number of hydrogen-bond donors (Lipinski definition) is 2. The summed E-state index contributed by atoms with van der Waals surface area (Å²) >= 11 is 0. The van der Waals surface area contributed by atoms with E-state index in [1.165, 1.54) is 4.57 Å². The number of H-pyrrole nitrogens is 1. The highest BCUT2D eigenvalue weighted by atomic mass is 16.3. The number of hydrogen-bond acceptors (Lipinski definition) is 4. The molecule has 0 atom stereocenters. The molecular formula is C12H18N4O3. The second kappa shape index (κ2) is 5.40. The first kappa shape index (κ1) is 13.5. The topological polar surface area (TPSA) is 92.9 Å². The van der Waals surface area contributed by atoms with Gasteiger partial charge in [-0.3, -0.25) is 14.3 Å². The van der Waals surface area contributed by atoms with Crippen LogP contribution >= 0.6 is 0 Å². The van der Waals surface area contributed by atoms with Crippen LogP contribution in [0.3, 0.4) is 0 Å². The summed E-state index contributed by atoms with van der Waals surface area (Å²) in [5.41, 5.74) is -0.201. The third-order valence-electron chi connectivity index (χ3n) is 3.16. The van der Waals surface area contributed by atoms with Gasteiger partial charge in [-0.15, -0.1) is 0 Å². The molecule has 0 fully saturated rings. The van der Waals surface area contributed by atoms with E-state index in [0.717, 1.165) is 12.8 Å². The molecular weight excluding hydrogens is 248 g/mol. The predicted molar refractivity (Wildman–Crippen MR) is 71.1 cm³/mol. The van der Waals surface area contributed by atoms with Gasteiger partial charge >= 0.3 is 5.69 Å². The van der Waals surface area contributed by atoms with Gasteiger partial charge in [0.1, 0.15) is 12.4 Å². The lowest BCUT2D eigenvalue weighted by molar-refractivity contribution is 0.266. The Hall–Kier alpha value is -1.89. The summed E-state index contributed by atoms with van der Waals surface area (Å²) in [6.07, 6.45) is 1.77. The summed E-state index contributed by atoms with van der Waals surface area (Å²) in [6.45, 7) is 4.65. The van der Waals surface area contributed by atoms with Crippen molar-refractivity contribution in [3.63, 3.8) is 0 Å². The van der Waals surface area contributed by atoms with Crippen molar-refractivity contribution in [2.75, 3.05) is 0 Å². The molecule has 0 aliphatic heterocycles. The number of aliphatic hydroxyl groups excluding tert-OH is 1. The Kier molecular flexibility index (Phi) is 3.84. The Morgan fingerprint density at radius 3 is 2.58 bits per heavy atom. The van der Waals surface area contributed by atoms with E-state index in [9.17, 15) is 14.7 Å². The van der Waals surface area contributed by atoms with Gasteiger partial charge in [0.2, 0.25) is 0 Å². The lowest BCUT2D eigenvalue weighted by atomic mass is 10.3. The number of aryl methyl sites for hydroxylation is 2. The summed E-state index contributed by atoms with van der Waals surface area (Å²) in [7, 11) is 0. The van der Waals surface area contributed by atoms with Gasteiger partial charge < -0.3 is 9.67 Å². The standard InChI is InChI=1S/C12H18N4O3/c1-3-5-6-16-10-9(11(18)14-12(16)19)15(4-2)8(7-17)13-10/h17H,3-7H2,1-2H3,(H,14,18,19). The van der Waals surface area contributed by atoms with Gasteiger partial charge in [-0.25, -0.2) is 9.78 Å². The molecule has 2 heterocycles. The molecule has 0 bridgehead atoms. The molecule has 104 valence electrons. The first-order chi connectivity index (χ1) is 9.13. The highest BCUT2D eigenvalue weighted by molar-refractivity contribution is 5.70. The van der Waals surface area contributed by atoms with Gasteiger partial charge in [0.15, 0.2) is 11.2 Å². The Bertz CT molecular complexity index is 695. The lowest BCUT2D eigenvalue weighted by Gasteiger charge is -2.05. The highest BCUT2D eigenvalue weighted by Gasteiger charge is 2.16. The van der Waals surface area contributed by atoms with Gasteiger partial charge in [0.05, 0.1) is 0 Å². The molecule has 0 saturated carbocycles. The average molecular weight is 266 g/mol. The van der Waals surface area contributed by atoms with Crippen LogP contribution < -0.4 is 11.2 Å². The minimum atomic E-state index is -0.457. The van der Waals surface area contributed by atoms with Gasteiger partial charge in [-0.1, -0.05) is 13.3 Å². The van der Waals surface area contributed by atoms with Crippen molar-refractivity contribution in [1.29, 1.82) is 0 Å². The van der Waals surface area contributed by atoms with Gasteiger partial charge in [0, 0.05) is 13.1 Å². The summed E-state index contributed by atoms with van der Waals surface area (Å²) in [5.74, 6) is 0.402. The van der Waals surface area contributed by atoms with Crippen molar-refractivity contribution in [3.05, 3.63) is 26.7 Å². The van der Waals surface area contributed by atoms with Crippen LogP contribution in [0.25, 0.3) is 11.2 Å². The maximum absolute atomic E-state index is 11.9. The van der Waals surface area contributed by atoms with Crippen molar-refractivity contribution >= 4 is 11.2 Å². The number of aromatic amines is 1. The molecule has 0 amide bonds. The van der Waals surface area contributed by atoms with Crippen molar-refractivity contribution in [1.82, 2.24) is 19.1 Å². The second-order valence-corrected chi connectivity index (χ2v) is 4.37. The molecule has 7 heteroatoms. The SMILES string of the molecule is CCCCn1c(=O)[nH]c(=O)c2c1nc(CO)n2CC. The average Bonchev–Trinajstić information content (AvgIpc) is 2.77. The molecule has 0 radical (unpaired) electrons. The summed E-state index contributed by atoms with van der Waals surface area (Å²) < 4.78 is 3.10. The monoisotopic (exact) mass is 266 g/mol. The maximum atomic E-state index is 11.9. The molecule has 0 unspecified atom stereocenters. The van der Waals surface area contributed by atoms with Gasteiger partial charge in [-0.05, 0) is 13.3 Å². The third-order valence-corrected chi connectivity index (χ3v) is 3.16. The minimum Gasteiger partial charge on any atom is -0.388 e. The minimum absolute atomic E-state index is 0.260. The number of fused-ring (bicyclic) bond motifs is 1. The Morgan fingerprint density at radius 2 is 2.00 bits per heavy atom. The van der Waals surface area contributed by atoms with Crippen molar-refractivity contribution in [3.8, 4) is 0 Å². The second-order valence-electron chi connectivity index (χ2n) is 4.37. The van der Waals surface area contributed by atoms with Crippen LogP contribution in [0.1, 0.15) is 32.5 Å². The fourth-order valence-corrected chi connectivity index (χ4v) is 2.20. The zero-order valence-corrected chi connectivity index (χ0v) is 11.1. The van der Waals surface area contributed by atoms with Crippen LogP contribution in [0.2, 0.25) is 0 Å². The van der Waals surface area contributed by atoms with E-state index in [1.807, 2.05) is 13.8 Å². The molecule has 7 nitrogen and oxygen atoms in total. The number of imidazole rings is 1. The Morgan fingerprint density at radius 1 is 1.26 bits per heavy atom. The molecule has 2 rings (SSSR count). The fraction of sp³-hybridized carbons (Fsp3) is 0.583. The van der Waals surface area contributed by atoms with E-state index in [0.29, 0.717) is 30.1 Å². The zero-order valence-electron chi connectivity index (χ0n) is 11.1. The van der Waals surface area contributed by atoms with Crippen molar-refractivity contribution < 1.29 is 5.11 Å². The van der Waals surface area contributed by atoms with Crippen LogP contribution in [-0.2, 0) is 19.7 Å². The molecule has 0 aliphatic rings. The molecule has 0 aromatic carbocycles. The van der Waals surface area contributed by atoms with Crippen LogP contribution in [0.15, 0.2) is 9.59 Å². The molecule has 2 aromatic heterocycles. The van der Waals surface area contributed by atoms with Crippen LogP contribution in [-0.4, -0.2) is 24.2 Å². The maximum Gasteiger partial charge on any atom is 0.330 e. The van der Waals surface area contributed by atoms with Crippen LogP contribution in [0.5, 0.6) is 0 Å². The smallest absolute Gasteiger partial charge is 0.330 e. The largest absolute Gasteiger partial charge is 0.388 e. The van der Waals surface area contributed by atoms with Crippen LogP contribution in [0.4, 0.5) is 0 Å². The molecule has 2 N–H and O–H groups in total. The van der Waals surface area contributed by atoms with E-state index in [2.05, 4.69) is 9.97 Å². The van der Waals surface area contributed by atoms with E-state index >= 15 is 0 Å². The van der Waals surface area contributed by atoms with E-state index in [4.69, 9.17) is 0 Å². The first-order valence-electron chi connectivity index (χ1n) is 6.47. The highest BCUT2D eigenvalue weighted by Crippen LogP contribution is 2.11. The fourth-order valence-electron chi connectivity index (χ4n) is 2.20. The first-order valence-corrected chi connectivity index (χ1v) is 6.47. The van der Waals surface area contributed by atoms with E-state index in [1.54, 1.807) is 4.57 Å². The van der Waals surface area contributed by atoms with Crippen molar-refractivity contribution in [2.45, 2.75) is 46.4 Å². The number of nitrogens with zero attached hydrogens (tertiary/aromatic N) is 3. The van der Waals surface area contributed by atoms with Crippen LogP contribution in [0, 0.1) is 0 Å². The third kappa shape index (κ3) is 2.21. The normalized spacial score (nSPS) is 11.3. The summed E-state index contributed by atoms with van der Waals surface area (Å²) in [5, 5.41) is 9.29. The molecule has 2 aromatic rings. The Balaban J connectivity index is 2.79. The number of nitrogens with one attached hydrogen (secondary N) is 1. The van der Waals surface area contributed by atoms with E-state index in [-0.39, 0.29) is 6.61 Å². The lowest BCUT2D eigenvalue weighted by Crippen LogP contribution is -2.31. The quantitative estimate of drug-likeness (QED) is 0.808. The Labute approximate surface area is 109 Å². The summed E-state index contributed by atoms with van der Waals surface area (Å²) in [4.78, 5) is 30.3. The number of unbranched alkanes of at least 4 members (excludes halogenated alkanes) is 1. The van der Waals surface area contributed by atoms with E-state index < -0.39 is 11.2 Å². The zero-order chi connectivity index (χ0) is 14.0. The molecule has 0 aliphatic carbocycles. The number of aliphatic hydroxyl groups is 1. The number of rotatable bonds is 5. The van der Waals surface area contributed by atoms with Gasteiger partial charge in [0.25, 0.3) is 5.56 Å². The molecule has 0 spiro atoms.